The quantitative estimate of drug-likeness (QED) is 0.672. The first-order valence-electron chi connectivity index (χ1n) is 8.34. The van der Waals surface area contributed by atoms with Crippen molar-refractivity contribution >= 4 is 11.7 Å². The van der Waals surface area contributed by atoms with E-state index in [0.29, 0.717) is 17.1 Å². The van der Waals surface area contributed by atoms with Crippen LogP contribution in [0.1, 0.15) is 35.8 Å². The molecule has 0 aliphatic carbocycles. The van der Waals surface area contributed by atoms with E-state index in [9.17, 15) is 13.9 Å². The Bertz CT molecular complexity index is 1070. The molecule has 6 nitrogen and oxygen atoms in total. The number of aliphatic hydroxyl groups is 1. The summed E-state index contributed by atoms with van der Waals surface area (Å²) in [7, 11) is 0. The molecule has 1 unspecified atom stereocenters. The second kappa shape index (κ2) is 7.69. The number of aliphatic carboxylic acids is 1. The van der Waals surface area contributed by atoms with Crippen LogP contribution in [0.25, 0.3) is 5.69 Å². The van der Waals surface area contributed by atoms with E-state index in [0.717, 1.165) is 12.6 Å². The molecule has 3 aromatic rings. The summed E-state index contributed by atoms with van der Waals surface area (Å²) in [6, 6.07) is 10.3. The van der Waals surface area contributed by atoms with Crippen molar-refractivity contribution in [2.75, 3.05) is 0 Å². The third-order valence-corrected chi connectivity index (χ3v) is 4.03. The molecule has 0 amide bonds. The van der Waals surface area contributed by atoms with Gasteiger partial charge in [-0.3, -0.25) is 9.36 Å². The maximum absolute atomic E-state index is 14.3. The number of nitrogens with zero attached hydrogens (tertiary/aromatic N) is 3. The molecule has 0 bridgehead atoms. The number of aliphatic imine (C=N–C) groups is 1. The molecule has 2 N–H and O–H groups in total. The highest BCUT2D eigenvalue weighted by atomic mass is 19.1. The Morgan fingerprint density at radius 2 is 1.82 bits per heavy atom. The molecule has 2 heterocycles. The van der Waals surface area contributed by atoms with E-state index in [2.05, 4.69) is 9.98 Å². The zero-order chi connectivity index (χ0) is 20.4. The second-order valence-electron chi connectivity index (χ2n) is 6.10. The number of halogens is 2. The van der Waals surface area contributed by atoms with E-state index >= 15 is 0 Å². The molecule has 0 saturated heterocycles. The lowest BCUT2D eigenvalue weighted by Gasteiger charge is -2.13. The lowest BCUT2D eigenvalue weighted by molar-refractivity contribution is -0.134. The molecular formula is C20H17F2N3O3. The predicted octanol–water partition coefficient (Wildman–Crippen LogP) is 3.39. The van der Waals surface area contributed by atoms with Gasteiger partial charge in [-0.15, -0.1) is 0 Å². The summed E-state index contributed by atoms with van der Waals surface area (Å²) in [5.74, 6) is -1.48. The summed E-state index contributed by atoms with van der Waals surface area (Å²) in [6.07, 6.45) is 0.332. The van der Waals surface area contributed by atoms with Crippen molar-refractivity contribution in [3.63, 3.8) is 0 Å². The number of benzene rings is 2. The number of aryl methyl sites for hydroxylation is 1. The molecule has 144 valence electrons. The highest BCUT2D eigenvalue weighted by Crippen LogP contribution is 2.31. The summed E-state index contributed by atoms with van der Waals surface area (Å²) in [6.45, 7) is 2.91. The highest BCUT2D eigenvalue weighted by molar-refractivity contribution is 6.15. The van der Waals surface area contributed by atoms with Crippen molar-refractivity contribution < 1.29 is 23.8 Å². The number of carboxylic acids is 1. The Kier molecular flexibility index (Phi) is 5.32. The third-order valence-electron chi connectivity index (χ3n) is 4.03. The fraction of sp³-hybridized carbons (Fsp3) is 0.150. The second-order valence-corrected chi connectivity index (χ2v) is 6.10. The van der Waals surface area contributed by atoms with Crippen molar-refractivity contribution in [2.24, 2.45) is 4.99 Å². The van der Waals surface area contributed by atoms with Gasteiger partial charge in [0.05, 0.1) is 11.4 Å². The average Bonchev–Trinajstić information content (AvgIpc) is 2.96. The summed E-state index contributed by atoms with van der Waals surface area (Å²) in [5, 5.41) is 17.8. The Balaban J connectivity index is 0.000000516. The monoisotopic (exact) mass is 385 g/mol. The smallest absolute Gasteiger partial charge is 0.300 e. The van der Waals surface area contributed by atoms with Crippen LogP contribution in [0.5, 0.6) is 0 Å². The van der Waals surface area contributed by atoms with Crippen molar-refractivity contribution in [2.45, 2.75) is 20.1 Å². The van der Waals surface area contributed by atoms with Crippen molar-refractivity contribution in [1.29, 1.82) is 0 Å². The van der Waals surface area contributed by atoms with E-state index in [1.165, 1.54) is 18.2 Å². The van der Waals surface area contributed by atoms with Crippen LogP contribution in [-0.2, 0) is 4.79 Å². The minimum Gasteiger partial charge on any atom is -0.481 e. The minimum atomic E-state index is -1.27. The molecule has 1 aromatic heterocycles. The molecule has 0 saturated carbocycles. The molecule has 28 heavy (non-hydrogen) atoms. The van der Waals surface area contributed by atoms with Crippen LogP contribution < -0.4 is 0 Å². The van der Waals surface area contributed by atoms with Crippen LogP contribution in [0.4, 0.5) is 8.78 Å². The van der Waals surface area contributed by atoms with E-state index in [1.807, 2.05) is 6.92 Å². The van der Waals surface area contributed by atoms with Crippen molar-refractivity contribution in [3.8, 4) is 5.69 Å². The molecule has 4 rings (SSSR count). The average molecular weight is 385 g/mol. The van der Waals surface area contributed by atoms with Crippen LogP contribution in [0, 0.1) is 18.6 Å². The SMILES string of the molecule is CC(=O)O.Cc1cnc2n1-c1ccc(F)cc1C(c1ccccc1F)=NC2O. The summed E-state index contributed by atoms with van der Waals surface area (Å²) >= 11 is 0. The normalized spacial score (nSPS) is 14.8. The number of imidazole rings is 1. The minimum absolute atomic E-state index is 0.194. The topological polar surface area (TPSA) is 87.7 Å². The zero-order valence-corrected chi connectivity index (χ0v) is 15.1. The molecular weight excluding hydrogens is 368 g/mol. The zero-order valence-electron chi connectivity index (χ0n) is 15.1. The molecule has 1 atom stereocenters. The first-order valence-corrected chi connectivity index (χ1v) is 8.34. The van der Waals surface area contributed by atoms with Gasteiger partial charge in [-0.1, -0.05) is 12.1 Å². The Morgan fingerprint density at radius 3 is 2.50 bits per heavy atom. The number of aromatic nitrogens is 2. The first kappa shape index (κ1) is 19.4. The maximum atomic E-state index is 14.3. The van der Waals surface area contributed by atoms with Crippen molar-refractivity contribution in [3.05, 3.63) is 82.9 Å². The van der Waals surface area contributed by atoms with E-state index < -0.39 is 23.8 Å². The van der Waals surface area contributed by atoms with Crippen LogP contribution >= 0.6 is 0 Å². The van der Waals surface area contributed by atoms with E-state index in [4.69, 9.17) is 9.90 Å². The maximum Gasteiger partial charge on any atom is 0.300 e. The fourth-order valence-corrected chi connectivity index (χ4v) is 2.96. The van der Waals surface area contributed by atoms with Crippen LogP contribution in [-0.4, -0.2) is 31.4 Å². The number of rotatable bonds is 1. The number of fused-ring (bicyclic) bond motifs is 3. The summed E-state index contributed by atoms with van der Waals surface area (Å²) in [4.78, 5) is 17.4. The summed E-state index contributed by atoms with van der Waals surface area (Å²) in [5.41, 5.74) is 2.16. The fourth-order valence-electron chi connectivity index (χ4n) is 2.96. The molecule has 0 radical (unpaired) electrons. The van der Waals surface area contributed by atoms with Gasteiger partial charge in [0.25, 0.3) is 5.97 Å². The standard InChI is InChI=1S/C18H13F2N3O.C2H4O2/c1-10-9-21-17-18(24)22-16(12-4-2-3-5-14(12)20)13-8-11(19)6-7-15(13)23(10)17;1-2(3)4/h2-9,18,24H,1H3;1H3,(H,3,4). The van der Waals surface area contributed by atoms with Crippen LogP contribution in [0.3, 0.4) is 0 Å². The molecule has 2 aromatic carbocycles. The Labute approximate surface area is 159 Å². The molecule has 1 aliphatic heterocycles. The van der Waals surface area contributed by atoms with E-state index in [-0.39, 0.29) is 11.3 Å². The highest BCUT2D eigenvalue weighted by Gasteiger charge is 2.27. The lowest BCUT2D eigenvalue weighted by atomic mass is 9.99. The third kappa shape index (κ3) is 3.67. The van der Waals surface area contributed by atoms with Gasteiger partial charge in [0.1, 0.15) is 11.6 Å². The number of hydrogen-bond donors (Lipinski definition) is 2. The number of aliphatic hydroxyl groups excluding tert-OH is 1. The number of carbonyl (C=O) groups is 1. The molecule has 0 fully saturated rings. The van der Waals surface area contributed by atoms with Gasteiger partial charge in [-0.25, -0.2) is 18.8 Å². The summed E-state index contributed by atoms with van der Waals surface area (Å²) < 4.78 is 29.9. The van der Waals surface area contributed by atoms with Gasteiger partial charge < -0.3 is 10.2 Å². The molecule has 0 spiro atoms. The van der Waals surface area contributed by atoms with Crippen LogP contribution in [0.2, 0.25) is 0 Å². The van der Waals surface area contributed by atoms with Gasteiger partial charge in [-0.2, -0.15) is 0 Å². The van der Waals surface area contributed by atoms with Gasteiger partial charge in [0, 0.05) is 29.9 Å². The first-order chi connectivity index (χ1) is 13.3. The van der Waals surface area contributed by atoms with Gasteiger partial charge in [0.2, 0.25) is 6.23 Å². The number of hydrogen-bond acceptors (Lipinski definition) is 4. The lowest BCUT2D eigenvalue weighted by Crippen LogP contribution is -2.10. The van der Waals surface area contributed by atoms with Gasteiger partial charge in [0.15, 0.2) is 5.82 Å². The number of carboxylic acid groups (broad SMARTS) is 1. The predicted molar refractivity (Wildman–Crippen MR) is 98.6 cm³/mol. The van der Waals surface area contributed by atoms with Crippen molar-refractivity contribution in [1.82, 2.24) is 9.55 Å². The van der Waals surface area contributed by atoms with Crippen LogP contribution in [0.15, 0.2) is 53.7 Å². The van der Waals surface area contributed by atoms with Gasteiger partial charge in [-0.05, 0) is 37.3 Å². The molecule has 1 aliphatic rings. The van der Waals surface area contributed by atoms with E-state index in [1.54, 1.807) is 35.0 Å². The Morgan fingerprint density at radius 1 is 1.14 bits per heavy atom. The van der Waals surface area contributed by atoms with Gasteiger partial charge >= 0.3 is 0 Å². The largest absolute Gasteiger partial charge is 0.481 e. The Hall–Kier alpha value is -3.39. The molecule has 8 heteroatoms.